The van der Waals surface area contributed by atoms with Crippen LogP contribution in [0, 0.1) is 5.92 Å². The Labute approximate surface area is 304 Å². The molecule has 0 aliphatic carbocycles. The highest BCUT2D eigenvalue weighted by molar-refractivity contribution is 5.97. The van der Waals surface area contributed by atoms with E-state index in [1.165, 1.54) is 16.5 Å². The number of anilines is 2. The van der Waals surface area contributed by atoms with Gasteiger partial charge in [-0.2, -0.15) is 0 Å². The molecule has 2 aliphatic heterocycles. The Morgan fingerprint density at radius 3 is 2.42 bits per heavy atom. The van der Waals surface area contributed by atoms with Gasteiger partial charge in [0, 0.05) is 60.7 Å². The molecule has 3 aromatic carbocycles. The quantitative estimate of drug-likeness (QED) is 0.111. The predicted molar refractivity (Wildman–Crippen MR) is 197 cm³/mol. The molecule has 0 radical (unpaired) electrons. The van der Waals surface area contributed by atoms with E-state index in [1.807, 2.05) is 37.3 Å². The van der Waals surface area contributed by atoms with E-state index in [0.29, 0.717) is 43.7 Å². The summed E-state index contributed by atoms with van der Waals surface area (Å²) in [5.41, 5.74) is 2.83. The summed E-state index contributed by atoms with van der Waals surface area (Å²) in [6.07, 6.45) is 3.09. The van der Waals surface area contributed by atoms with Crippen molar-refractivity contribution < 1.29 is 32.9 Å². The fourth-order valence-electron chi connectivity index (χ4n) is 6.91. The van der Waals surface area contributed by atoms with Crippen molar-refractivity contribution in [3.05, 3.63) is 89.5 Å². The zero-order valence-electron chi connectivity index (χ0n) is 29.8. The maximum Gasteiger partial charge on any atom is 0.407 e. The SMILES string of the molecule is CC(Nc1nnc(OCCCCCCOCc2ccccc2)c2ccc(N3CCOCC3)cc12)c1cccc(C(F)(F)C2CCN(C(=O)O)CC2)c1. The Hall–Kier alpha value is -4.55. The van der Waals surface area contributed by atoms with Gasteiger partial charge < -0.3 is 34.4 Å². The summed E-state index contributed by atoms with van der Waals surface area (Å²) in [5, 5.41) is 23.4. The number of piperidine rings is 1. The van der Waals surface area contributed by atoms with E-state index in [-0.39, 0.29) is 37.5 Å². The number of hydrogen-bond acceptors (Lipinski definition) is 8. The number of rotatable bonds is 16. The Morgan fingerprint density at radius 2 is 1.67 bits per heavy atom. The van der Waals surface area contributed by atoms with Gasteiger partial charge in [-0.15, -0.1) is 10.2 Å². The number of nitrogens with zero attached hydrogens (tertiary/aromatic N) is 4. The maximum absolute atomic E-state index is 15.8. The molecule has 1 amide bonds. The molecule has 2 N–H and O–H groups in total. The average Bonchev–Trinajstić information content (AvgIpc) is 3.18. The van der Waals surface area contributed by atoms with Crippen LogP contribution in [0.1, 0.15) is 68.2 Å². The number of hydrogen-bond donors (Lipinski definition) is 2. The lowest BCUT2D eigenvalue weighted by Crippen LogP contribution is -2.41. The van der Waals surface area contributed by atoms with Crippen molar-refractivity contribution in [2.24, 2.45) is 5.92 Å². The molecule has 12 heteroatoms. The number of aromatic nitrogens is 2. The minimum Gasteiger partial charge on any atom is -0.476 e. The van der Waals surface area contributed by atoms with Crippen molar-refractivity contribution in [1.82, 2.24) is 15.1 Å². The van der Waals surface area contributed by atoms with Gasteiger partial charge in [-0.3, -0.25) is 0 Å². The first-order chi connectivity index (χ1) is 25.3. The maximum atomic E-state index is 15.8. The molecule has 52 heavy (non-hydrogen) atoms. The van der Waals surface area contributed by atoms with E-state index < -0.39 is 17.9 Å². The summed E-state index contributed by atoms with van der Waals surface area (Å²) in [7, 11) is 0. The Balaban J connectivity index is 1.10. The van der Waals surface area contributed by atoms with Crippen molar-refractivity contribution in [2.75, 3.05) is 62.8 Å². The third kappa shape index (κ3) is 9.46. The molecule has 0 bridgehead atoms. The van der Waals surface area contributed by atoms with Crippen LogP contribution in [0.2, 0.25) is 0 Å². The van der Waals surface area contributed by atoms with Crippen LogP contribution < -0.4 is 15.0 Å². The molecule has 1 aromatic heterocycles. The van der Waals surface area contributed by atoms with Crippen LogP contribution in [0.4, 0.5) is 25.1 Å². The summed E-state index contributed by atoms with van der Waals surface area (Å²) >= 11 is 0. The van der Waals surface area contributed by atoms with Crippen molar-refractivity contribution in [2.45, 2.75) is 64.0 Å². The fourth-order valence-corrected chi connectivity index (χ4v) is 6.91. The number of carboxylic acid groups (broad SMARTS) is 1. The molecular weight excluding hydrogens is 668 g/mol. The van der Waals surface area contributed by atoms with Gasteiger partial charge in [0.15, 0.2) is 5.82 Å². The van der Waals surface area contributed by atoms with Crippen molar-refractivity contribution in [3.63, 3.8) is 0 Å². The Morgan fingerprint density at radius 1 is 0.923 bits per heavy atom. The number of morpholine rings is 1. The number of benzene rings is 3. The molecule has 278 valence electrons. The second-order valence-electron chi connectivity index (χ2n) is 13.6. The second kappa shape index (κ2) is 17.8. The average molecular weight is 718 g/mol. The van der Waals surface area contributed by atoms with Gasteiger partial charge in [0.2, 0.25) is 5.88 Å². The van der Waals surface area contributed by atoms with Gasteiger partial charge in [-0.05, 0) is 74.4 Å². The van der Waals surface area contributed by atoms with E-state index in [0.717, 1.165) is 61.8 Å². The van der Waals surface area contributed by atoms with E-state index in [1.54, 1.807) is 12.1 Å². The van der Waals surface area contributed by atoms with Crippen molar-refractivity contribution in [1.29, 1.82) is 0 Å². The first-order valence-electron chi connectivity index (χ1n) is 18.4. The monoisotopic (exact) mass is 717 g/mol. The first kappa shape index (κ1) is 37.2. The zero-order valence-corrected chi connectivity index (χ0v) is 29.8. The molecule has 2 aliphatic rings. The molecule has 1 atom stereocenters. The highest BCUT2D eigenvalue weighted by Gasteiger charge is 2.43. The molecule has 1 unspecified atom stereocenters. The van der Waals surface area contributed by atoms with E-state index in [2.05, 4.69) is 44.7 Å². The smallest absolute Gasteiger partial charge is 0.407 e. The Kier molecular flexibility index (Phi) is 12.7. The van der Waals surface area contributed by atoms with Gasteiger partial charge in [0.05, 0.1) is 32.5 Å². The zero-order chi connectivity index (χ0) is 36.3. The lowest BCUT2D eigenvalue weighted by Gasteiger charge is -2.35. The van der Waals surface area contributed by atoms with Gasteiger partial charge in [-0.1, -0.05) is 55.0 Å². The molecule has 2 fully saturated rings. The van der Waals surface area contributed by atoms with Crippen LogP contribution in [0.3, 0.4) is 0 Å². The number of alkyl halides is 2. The minimum absolute atomic E-state index is 0.0681. The van der Waals surface area contributed by atoms with Gasteiger partial charge in [0.1, 0.15) is 0 Å². The van der Waals surface area contributed by atoms with Gasteiger partial charge >= 0.3 is 6.09 Å². The summed E-state index contributed by atoms with van der Waals surface area (Å²) < 4.78 is 49.1. The molecular formula is C40H49F2N5O5. The van der Waals surface area contributed by atoms with Crippen LogP contribution in [-0.2, 0) is 22.0 Å². The minimum atomic E-state index is -3.09. The summed E-state index contributed by atoms with van der Waals surface area (Å²) in [6.45, 7) is 6.87. The number of likely N-dealkylation sites (tertiary alicyclic amines) is 1. The Bertz CT molecular complexity index is 1750. The molecule has 10 nitrogen and oxygen atoms in total. The van der Waals surface area contributed by atoms with E-state index in [9.17, 15) is 9.90 Å². The topological polar surface area (TPSA) is 109 Å². The van der Waals surface area contributed by atoms with Gasteiger partial charge in [0.25, 0.3) is 5.92 Å². The number of nitrogens with one attached hydrogen (secondary N) is 1. The third-order valence-electron chi connectivity index (χ3n) is 10.0. The van der Waals surface area contributed by atoms with Crippen LogP contribution in [0.5, 0.6) is 5.88 Å². The van der Waals surface area contributed by atoms with E-state index in [4.69, 9.17) is 14.2 Å². The third-order valence-corrected chi connectivity index (χ3v) is 10.0. The molecule has 4 aromatic rings. The van der Waals surface area contributed by atoms with Crippen LogP contribution in [0.15, 0.2) is 72.8 Å². The molecule has 0 saturated carbocycles. The lowest BCUT2D eigenvalue weighted by atomic mass is 9.85. The number of unbranched alkanes of at least 4 members (excludes halogenated alkanes) is 3. The van der Waals surface area contributed by atoms with Crippen molar-refractivity contribution in [3.8, 4) is 5.88 Å². The highest BCUT2D eigenvalue weighted by atomic mass is 19.3. The largest absolute Gasteiger partial charge is 0.476 e. The van der Waals surface area contributed by atoms with Gasteiger partial charge in [-0.25, -0.2) is 13.6 Å². The van der Waals surface area contributed by atoms with Crippen LogP contribution >= 0.6 is 0 Å². The summed E-state index contributed by atoms with van der Waals surface area (Å²) in [5.74, 6) is -3.02. The summed E-state index contributed by atoms with van der Waals surface area (Å²) in [4.78, 5) is 14.8. The molecule has 0 spiro atoms. The number of halogens is 2. The number of fused-ring (bicyclic) bond motifs is 1. The molecule has 6 rings (SSSR count). The standard InChI is InChI=1S/C40H49F2N5O5/c1-29(31-12-9-13-33(26-31)40(41,42)32-16-18-47(19-17-32)39(48)49)43-37-36-27-34(46-20-24-50-25-21-46)14-15-35(36)38(45-44-37)52-23-8-3-2-7-22-51-28-30-10-5-4-6-11-30/h4-6,9-15,26-27,29,32H,2-3,7-8,16-25,28H2,1H3,(H,43,44)(H,48,49). The predicted octanol–water partition coefficient (Wildman–Crippen LogP) is 8.28. The van der Waals surface area contributed by atoms with Crippen molar-refractivity contribution >= 4 is 28.4 Å². The van der Waals surface area contributed by atoms with E-state index >= 15 is 8.78 Å². The fraction of sp³-hybridized carbons (Fsp3) is 0.475. The number of amides is 1. The first-order valence-corrected chi connectivity index (χ1v) is 18.4. The normalized spacial score (nSPS) is 16.2. The summed E-state index contributed by atoms with van der Waals surface area (Å²) in [6, 6.07) is 22.5. The number of ether oxygens (including phenoxy) is 3. The van der Waals surface area contributed by atoms with Crippen LogP contribution in [-0.4, -0.2) is 78.9 Å². The lowest BCUT2D eigenvalue weighted by molar-refractivity contribution is -0.0836. The number of carbonyl (C=O) groups is 1. The van der Waals surface area contributed by atoms with Crippen LogP contribution in [0.25, 0.3) is 10.8 Å². The second-order valence-corrected chi connectivity index (χ2v) is 13.6. The highest BCUT2D eigenvalue weighted by Crippen LogP contribution is 2.42. The molecule has 3 heterocycles. The molecule has 2 saturated heterocycles.